The second kappa shape index (κ2) is 4.53. The van der Waals surface area contributed by atoms with Crippen LogP contribution in [0.3, 0.4) is 0 Å². The minimum atomic E-state index is -4.48. The highest BCUT2D eigenvalue weighted by Crippen LogP contribution is 2.36. The molecule has 0 spiro atoms. The van der Waals surface area contributed by atoms with Crippen LogP contribution in [-0.4, -0.2) is 9.97 Å². The van der Waals surface area contributed by atoms with Gasteiger partial charge in [-0.15, -0.1) is 24.0 Å². The number of pyridine rings is 1. The molecule has 0 unspecified atom stereocenters. The van der Waals surface area contributed by atoms with E-state index in [1.807, 2.05) is 0 Å². The third-order valence-electron chi connectivity index (χ3n) is 1.84. The summed E-state index contributed by atoms with van der Waals surface area (Å²) in [6.45, 7) is 0. The molecule has 0 aliphatic heterocycles. The summed E-state index contributed by atoms with van der Waals surface area (Å²) in [5, 5.41) is 4.54. The molecular formula is C9H6F3N3S2. The molecule has 0 amide bonds. The molecule has 0 saturated heterocycles. The number of thiol groups is 1. The van der Waals surface area contributed by atoms with Gasteiger partial charge in [0, 0.05) is 22.7 Å². The van der Waals surface area contributed by atoms with E-state index >= 15 is 0 Å². The summed E-state index contributed by atoms with van der Waals surface area (Å²) in [5.74, 6) is -0.273. The van der Waals surface area contributed by atoms with Crippen molar-refractivity contribution in [1.29, 1.82) is 0 Å². The summed E-state index contributed by atoms with van der Waals surface area (Å²) in [6.07, 6.45) is -1.74. The number of halogens is 3. The van der Waals surface area contributed by atoms with Crippen LogP contribution in [0.2, 0.25) is 0 Å². The molecule has 2 heterocycles. The van der Waals surface area contributed by atoms with Crippen LogP contribution in [0.25, 0.3) is 0 Å². The highest BCUT2D eigenvalue weighted by molar-refractivity contribution is 7.80. The van der Waals surface area contributed by atoms with Gasteiger partial charge in [-0.05, 0) is 6.07 Å². The van der Waals surface area contributed by atoms with Crippen molar-refractivity contribution in [3.05, 3.63) is 29.4 Å². The zero-order chi connectivity index (χ0) is 12.5. The van der Waals surface area contributed by atoms with Crippen LogP contribution < -0.4 is 5.32 Å². The Bertz CT molecular complexity index is 511. The van der Waals surface area contributed by atoms with Crippen molar-refractivity contribution in [2.75, 3.05) is 5.32 Å². The molecule has 2 rings (SSSR count). The van der Waals surface area contributed by atoms with Gasteiger partial charge in [-0.1, -0.05) is 0 Å². The van der Waals surface area contributed by atoms with Crippen LogP contribution in [0.4, 0.5) is 24.1 Å². The number of hydrogen-bond donors (Lipinski definition) is 2. The second-order valence-corrected chi connectivity index (χ2v) is 4.46. The van der Waals surface area contributed by atoms with E-state index in [1.165, 1.54) is 23.7 Å². The van der Waals surface area contributed by atoms with Crippen molar-refractivity contribution >= 4 is 34.9 Å². The molecule has 8 heteroatoms. The Morgan fingerprint density at radius 2 is 2.06 bits per heavy atom. The Balaban J connectivity index is 2.40. The molecule has 3 nitrogen and oxygen atoms in total. The lowest BCUT2D eigenvalue weighted by atomic mass is 10.2. The zero-order valence-electron chi connectivity index (χ0n) is 8.19. The molecule has 0 aromatic carbocycles. The Hall–Kier alpha value is -1.28. The summed E-state index contributed by atoms with van der Waals surface area (Å²) in [4.78, 5) is 7.67. The predicted molar refractivity (Wildman–Crippen MR) is 61.9 cm³/mol. The highest BCUT2D eigenvalue weighted by Gasteiger charge is 2.34. The number of thiazole rings is 1. The van der Waals surface area contributed by atoms with Gasteiger partial charge < -0.3 is 5.32 Å². The SMILES string of the molecule is FC(F)(F)c1cc(S)cnc1Nc1nccs1. The second-order valence-electron chi connectivity index (χ2n) is 3.05. The molecule has 1 N–H and O–H groups in total. The zero-order valence-corrected chi connectivity index (χ0v) is 9.90. The van der Waals surface area contributed by atoms with Crippen molar-refractivity contribution in [3.63, 3.8) is 0 Å². The quantitative estimate of drug-likeness (QED) is 0.824. The van der Waals surface area contributed by atoms with Crippen LogP contribution in [0.5, 0.6) is 0 Å². The minimum Gasteiger partial charge on any atom is -0.316 e. The number of aromatic nitrogens is 2. The predicted octanol–water partition coefficient (Wildman–Crippen LogP) is 3.59. The van der Waals surface area contributed by atoms with Crippen LogP contribution in [0, 0.1) is 0 Å². The molecule has 2 aromatic heterocycles. The Kier molecular flexibility index (Phi) is 3.25. The van der Waals surface area contributed by atoms with Gasteiger partial charge >= 0.3 is 6.18 Å². The third-order valence-corrected chi connectivity index (χ3v) is 2.77. The summed E-state index contributed by atoms with van der Waals surface area (Å²) >= 11 is 5.04. The molecule has 17 heavy (non-hydrogen) atoms. The lowest BCUT2D eigenvalue weighted by Gasteiger charge is -2.12. The first kappa shape index (κ1) is 12.2. The first-order valence-electron chi connectivity index (χ1n) is 4.39. The Morgan fingerprint density at radius 3 is 2.65 bits per heavy atom. The molecule has 0 aliphatic carbocycles. The molecular weight excluding hydrogens is 271 g/mol. The summed E-state index contributed by atoms with van der Waals surface area (Å²) in [6, 6.07) is 0.923. The van der Waals surface area contributed by atoms with Gasteiger partial charge in [-0.2, -0.15) is 13.2 Å². The van der Waals surface area contributed by atoms with E-state index in [4.69, 9.17) is 0 Å². The smallest absolute Gasteiger partial charge is 0.316 e. The van der Waals surface area contributed by atoms with Crippen LogP contribution in [0.1, 0.15) is 5.56 Å². The molecule has 0 bridgehead atoms. The molecule has 0 aliphatic rings. The molecule has 0 atom stereocenters. The standard InChI is InChI=1S/C9H6F3N3S2/c10-9(11,12)6-3-5(16)4-14-7(6)15-8-13-1-2-17-8/h1-4,16H,(H,13,14,15). The van der Waals surface area contributed by atoms with E-state index in [2.05, 4.69) is 27.9 Å². The van der Waals surface area contributed by atoms with Gasteiger partial charge in [0.1, 0.15) is 5.82 Å². The topological polar surface area (TPSA) is 37.8 Å². The number of nitrogens with zero attached hydrogens (tertiary/aromatic N) is 2. The van der Waals surface area contributed by atoms with E-state index < -0.39 is 11.7 Å². The Morgan fingerprint density at radius 1 is 1.29 bits per heavy atom. The number of anilines is 2. The third kappa shape index (κ3) is 2.89. The molecule has 0 saturated carbocycles. The fraction of sp³-hybridized carbons (Fsp3) is 0.111. The maximum atomic E-state index is 12.7. The van der Waals surface area contributed by atoms with Crippen molar-refractivity contribution in [2.24, 2.45) is 0 Å². The minimum absolute atomic E-state index is 0.155. The fourth-order valence-electron chi connectivity index (χ4n) is 1.16. The van der Waals surface area contributed by atoms with E-state index in [1.54, 1.807) is 5.38 Å². The van der Waals surface area contributed by atoms with Crippen LogP contribution in [-0.2, 0) is 6.18 Å². The van der Waals surface area contributed by atoms with Crippen molar-refractivity contribution < 1.29 is 13.2 Å². The van der Waals surface area contributed by atoms with Gasteiger partial charge in [-0.25, -0.2) is 9.97 Å². The maximum absolute atomic E-state index is 12.7. The van der Waals surface area contributed by atoms with Gasteiger partial charge in [0.05, 0.1) is 5.56 Å². The number of rotatable bonds is 2. The van der Waals surface area contributed by atoms with Gasteiger partial charge in [0.25, 0.3) is 0 Å². The average Bonchev–Trinajstić information content (AvgIpc) is 2.72. The van der Waals surface area contributed by atoms with E-state index in [0.29, 0.717) is 5.13 Å². The molecule has 90 valence electrons. The lowest BCUT2D eigenvalue weighted by Crippen LogP contribution is -2.10. The van der Waals surface area contributed by atoms with E-state index in [9.17, 15) is 13.2 Å². The molecule has 0 fully saturated rings. The number of alkyl halides is 3. The normalized spacial score (nSPS) is 11.5. The van der Waals surface area contributed by atoms with Gasteiger partial charge in [0.15, 0.2) is 5.13 Å². The lowest BCUT2D eigenvalue weighted by molar-refractivity contribution is -0.137. The first-order valence-corrected chi connectivity index (χ1v) is 5.72. The molecule has 0 radical (unpaired) electrons. The fourth-order valence-corrected chi connectivity index (χ4v) is 1.87. The summed E-state index contributed by atoms with van der Waals surface area (Å²) in [5.41, 5.74) is -0.861. The number of nitrogens with one attached hydrogen (secondary N) is 1. The van der Waals surface area contributed by atoms with Crippen LogP contribution in [0.15, 0.2) is 28.7 Å². The van der Waals surface area contributed by atoms with Crippen molar-refractivity contribution in [3.8, 4) is 0 Å². The Labute approximate surface area is 104 Å². The summed E-state index contributed by atoms with van der Waals surface area (Å²) < 4.78 is 38.2. The summed E-state index contributed by atoms with van der Waals surface area (Å²) in [7, 11) is 0. The van der Waals surface area contributed by atoms with Gasteiger partial charge in [0.2, 0.25) is 0 Å². The molecule has 2 aromatic rings. The van der Waals surface area contributed by atoms with Gasteiger partial charge in [-0.3, -0.25) is 0 Å². The largest absolute Gasteiger partial charge is 0.420 e. The average molecular weight is 277 g/mol. The highest BCUT2D eigenvalue weighted by atomic mass is 32.1. The van der Waals surface area contributed by atoms with E-state index in [0.717, 1.165) is 6.07 Å². The van der Waals surface area contributed by atoms with Crippen molar-refractivity contribution in [1.82, 2.24) is 9.97 Å². The monoisotopic (exact) mass is 277 g/mol. The first-order chi connectivity index (χ1) is 7.97. The van der Waals surface area contributed by atoms with Crippen LogP contribution >= 0.6 is 24.0 Å². The van der Waals surface area contributed by atoms with Crippen molar-refractivity contribution in [2.45, 2.75) is 11.1 Å². The maximum Gasteiger partial charge on any atom is 0.420 e. The number of hydrogen-bond acceptors (Lipinski definition) is 5. The van der Waals surface area contributed by atoms with E-state index in [-0.39, 0.29) is 10.7 Å².